The number of rotatable bonds is 4. The first-order valence-corrected chi connectivity index (χ1v) is 5.49. The molecule has 0 aromatic rings. The van der Waals surface area contributed by atoms with Crippen molar-refractivity contribution in [2.24, 2.45) is 16.8 Å². The molecule has 2 atom stereocenters. The minimum Gasteiger partial charge on any atom is -0.320 e. The van der Waals surface area contributed by atoms with Crippen LogP contribution in [-0.4, -0.2) is 25.8 Å². The van der Waals surface area contributed by atoms with E-state index in [1.165, 1.54) is 17.7 Å². The molecule has 1 aliphatic heterocycles. The molecule has 14 heavy (non-hydrogen) atoms. The maximum absolute atomic E-state index is 4.51. The molecule has 2 heteroatoms. The molecule has 1 N–H and O–H groups in total. The van der Waals surface area contributed by atoms with Crippen LogP contribution in [0.4, 0.5) is 0 Å². The lowest BCUT2D eigenvalue weighted by atomic mass is 9.84. The Kier molecular flexibility index (Phi) is 4.33. The molecule has 2 unspecified atom stereocenters. The normalized spacial score (nSPS) is 24.1. The summed E-state index contributed by atoms with van der Waals surface area (Å²) < 4.78 is 0. The number of nitrogens with zero attached hydrogens (tertiary/aromatic N) is 1. The zero-order chi connectivity index (χ0) is 10.6. The topological polar surface area (TPSA) is 24.4 Å². The van der Waals surface area contributed by atoms with Gasteiger partial charge in [-0.15, -0.1) is 0 Å². The molecule has 1 heterocycles. The molecular formula is C12H22N2. The van der Waals surface area contributed by atoms with Crippen molar-refractivity contribution < 1.29 is 0 Å². The predicted octanol–water partition coefficient (Wildman–Crippen LogP) is 2.27. The molecule has 0 aromatic carbocycles. The lowest BCUT2D eigenvalue weighted by molar-refractivity contribution is 0.385. The van der Waals surface area contributed by atoms with Crippen molar-refractivity contribution in [3.63, 3.8) is 0 Å². The van der Waals surface area contributed by atoms with E-state index in [4.69, 9.17) is 0 Å². The third-order valence-electron chi connectivity index (χ3n) is 3.10. The Morgan fingerprint density at radius 3 is 2.86 bits per heavy atom. The van der Waals surface area contributed by atoms with Gasteiger partial charge < -0.3 is 5.32 Å². The summed E-state index contributed by atoms with van der Waals surface area (Å²) in [5.74, 6) is 1.39. The highest BCUT2D eigenvalue weighted by molar-refractivity contribution is 5.94. The highest BCUT2D eigenvalue weighted by Crippen LogP contribution is 2.25. The van der Waals surface area contributed by atoms with E-state index in [0.29, 0.717) is 5.92 Å². The molecule has 0 bridgehead atoms. The Morgan fingerprint density at radius 2 is 2.29 bits per heavy atom. The van der Waals surface area contributed by atoms with Gasteiger partial charge in [-0.25, -0.2) is 0 Å². The van der Waals surface area contributed by atoms with Crippen molar-refractivity contribution in [3.05, 3.63) is 11.6 Å². The smallest absolute Gasteiger partial charge is 0.0460 e. The molecule has 2 nitrogen and oxygen atoms in total. The average molecular weight is 194 g/mol. The van der Waals surface area contributed by atoms with E-state index in [1.807, 2.05) is 7.05 Å². The molecule has 1 rings (SSSR count). The molecule has 0 radical (unpaired) electrons. The minimum atomic E-state index is 0.659. The molecule has 80 valence electrons. The van der Waals surface area contributed by atoms with Gasteiger partial charge in [0.2, 0.25) is 0 Å². The van der Waals surface area contributed by atoms with Crippen LogP contribution < -0.4 is 5.32 Å². The highest BCUT2D eigenvalue weighted by Gasteiger charge is 2.20. The van der Waals surface area contributed by atoms with E-state index >= 15 is 0 Å². The maximum atomic E-state index is 4.51. The number of dihydropyridines is 1. The number of hydrogen-bond acceptors (Lipinski definition) is 2. The average Bonchev–Trinajstić information content (AvgIpc) is 2.14. The molecule has 0 saturated carbocycles. The predicted molar refractivity (Wildman–Crippen MR) is 62.9 cm³/mol. The summed E-state index contributed by atoms with van der Waals surface area (Å²) in [7, 11) is 2.01. The van der Waals surface area contributed by atoms with Crippen LogP contribution in [-0.2, 0) is 0 Å². The van der Waals surface area contributed by atoms with Gasteiger partial charge >= 0.3 is 0 Å². The fourth-order valence-corrected chi connectivity index (χ4v) is 2.07. The monoisotopic (exact) mass is 194 g/mol. The number of aliphatic imine (C=N–C) groups is 1. The summed E-state index contributed by atoms with van der Waals surface area (Å²) in [5, 5.41) is 3.21. The zero-order valence-corrected chi connectivity index (χ0v) is 9.80. The van der Waals surface area contributed by atoms with Gasteiger partial charge in [-0.3, -0.25) is 4.99 Å². The van der Waals surface area contributed by atoms with E-state index in [0.717, 1.165) is 19.0 Å². The lowest BCUT2D eigenvalue weighted by Gasteiger charge is -2.26. The summed E-state index contributed by atoms with van der Waals surface area (Å²) in [6, 6.07) is 0. The van der Waals surface area contributed by atoms with Gasteiger partial charge in [0.05, 0.1) is 0 Å². The first-order chi connectivity index (χ1) is 6.65. The molecular weight excluding hydrogens is 172 g/mol. The second-order valence-corrected chi connectivity index (χ2v) is 4.35. The van der Waals surface area contributed by atoms with Crippen molar-refractivity contribution in [3.8, 4) is 0 Å². The maximum Gasteiger partial charge on any atom is 0.0460 e. The summed E-state index contributed by atoms with van der Waals surface area (Å²) in [5.41, 5.74) is 2.68. The van der Waals surface area contributed by atoms with Crippen LogP contribution in [0.25, 0.3) is 0 Å². The first-order valence-electron chi connectivity index (χ1n) is 5.49. The van der Waals surface area contributed by atoms with E-state index in [2.05, 4.69) is 37.2 Å². The van der Waals surface area contributed by atoms with Crippen LogP contribution in [0.3, 0.4) is 0 Å². The van der Waals surface area contributed by atoms with Crippen LogP contribution in [0.5, 0.6) is 0 Å². The Hall–Kier alpha value is -0.630. The van der Waals surface area contributed by atoms with Crippen LogP contribution in [0.15, 0.2) is 16.6 Å². The van der Waals surface area contributed by atoms with Crippen LogP contribution in [0.2, 0.25) is 0 Å². The molecule has 0 amide bonds. The number of nitrogens with one attached hydrogen (secondary N) is 1. The summed E-state index contributed by atoms with van der Waals surface area (Å²) in [4.78, 5) is 4.51. The minimum absolute atomic E-state index is 0.659. The summed E-state index contributed by atoms with van der Waals surface area (Å²) >= 11 is 0. The van der Waals surface area contributed by atoms with E-state index in [9.17, 15) is 0 Å². The van der Waals surface area contributed by atoms with Crippen LogP contribution >= 0.6 is 0 Å². The number of hydrogen-bond donors (Lipinski definition) is 1. The quantitative estimate of drug-likeness (QED) is 0.729. The fraction of sp³-hybridized carbons (Fsp3) is 0.750. The summed E-state index contributed by atoms with van der Waals surface area (Å²) in [6.07, 6.45) is 3.46. The van der Waals surface area contributed by atoms with E-state index in [1.54, 1.807) is 0 Å². The Balaban J connectivity index is 2.50. The van der Waals surface area contributed by atoms with E-state index in [-0.39, 0.29) is 0 Å². The van der Waals surface area contributed by atoms with Gasteiger partial charge in [-0.1, -0.05) is 12.5 Å². The van der Waals surface area contributed by atoms with Gasteiger partial charge in [0.25, 0.3) is 0 Å². The Morgan fingerprint density at radius 1 is 1.57 bits per heavy atom. The standard InChI is InChI=1S/C12H22N2/c1-9(5-6-13-4)12-8-14-11(3)7-10(12)2/h7,9,12-13H,5-6,8H2,1-4H3. The largest absolute Gasteiger partial charge is 0.320 e. The summed E-state index contributed by atoms with van der Waals surface area (Å²) in [6.45, 7) is 8.74. The molecule has 0 aliphatic carbocycles. The zero-order valence-electron chi connectivity index (χ0n) is 9.80. The second kappa shape index (κ2) is 5.30. The molecule has 0 fully saturated rings. The van der Waals surface area contributed by atoms with Crippen molar-refractivity contribution in [1.29, 1.82) is 0 Å². The second-order valence-electron chi connectivity index (χ2n) is 4.35. The van der Waals surface area contributed by atoms with Gasteiger partial charge in [-0.05, 0) is 45.9 Å². The molecule has 0 aromatic heterocycles. The highest BCUT2D eigenvalue weighted by atomic mass is 14.8. The van der Waals surface area contributed by atoms with Gasteiger partial charge in [0, 0.05) is 18.2 Å². The Bertz CT molecular complexity index is 241. The third-order valence-corrected chi connectivity index (χ3v) is 3.10. The molecule has 0 saturated heterocycles. The van der Waals surface area contributed by atoms with Crippen LogP contribution in [0.1, 0.15) is 27.2 Å². The molecule has 1 aliphatic rings. The van der Waals surface area contributed by atoms with Gasteiger partial charge in [0.1, 0.15) is 0 Å². The lowest BCUT2D eigenvalue weighted by Crippen LogP contribution is -2.23. The van der Waals surface area contributed by atoms with Crippen molar-refractivity contribution in [1.82, 2.24) is 5.32 Å². The van der Waals surface area contributed by atoms with Gasteiger partial charge in [0.15, 0.2) is 0 Å². The van der Waals surface area contributed by atoms with Crippen molar-refractivity contribution >= 4 is 5.71 Å². The van der Waals surface area contributed by atoms with Crippen molar-refractivity contribution in [2.75, 3.05) is 20.1 Å². The first kappa shape index (κ1) is 11.4. The van der Waals surface area contributed by atoms with Gasteiger partial charge in [-0.2, -0.15) is 0 Å². The van der Waals surface area contributed by atoms with Crippen molar-refractivity contribution in [2.45, 2.75) is 27.2 Å². The number of allylic oxidation sites excluding steroid dienone is 1. The van der Waals surface area contributed by atoms with E-state index < -0.39 is 0 Å². The van der Waals surface area contributed by atoms with Crippen LogP contribution in [0, 0.1) is 11.8 Å². The molecule has 0 spiro atoms. The fourth-order valence-electron chi connectivity index (χ4n) is 2.07. The Labute approximate surface area is 87.5 Å². The third kappa shape index (κ3) is 2.95. The SMILES string of the molecule is CNCCC(C)C1CN=C(C)C=C1C.